The van der Waals surface area contributed by atoms with Gasteiger partial charge in [-0.3, -0.25) is 19.3 Å². The van der Waals surface area contributed by atoms with Gasteiger partial charge in [0.15, 0.2) is 0 Å². The van der Waals surface area contributed by atoms with Crippen molar-refractivity contribution in [3.63, 3.8) is 0 Å². The molecule has 0 saturated carbocycles. The lowest BCUT2D eigenvalue weighted by Crippen LogP contribution is -2.63. The Morgan fingerprint density at radius 3 is 2.76 bits per heavy atom. The van der Waals surface area contributed by atoms with Gasteiger partial charge in [-0.2, -0.15) is 0 Å². The van der Waals surface area contributed by atoms with E-state index < -0.39 is 5.66 Å². The van der Waals surface area contributed by atoms with E-state index in [2.05, 4.69) is 5.32 Å². The number of carbonyl (C=O) groups excluding carboxylic acids is 3. The molecule has 6 nitrogen and oxygen atoms in total. The van der Waals surface area contributed by atoms with Gasteiger partial charge in [0, 0.05) is 18.0 Å². The summed E-state index contributed by atoms with van der Waals surface area (Å²) >= 11 is 5.99. The van der Waals surface area contributed by atoms with E-state index in [1.54, 1.807) is 29.2 Å². The zero-order valence-electron chi connectivity index (χ0n) is 16.2. The van der Waals surface area contributed by atoms with Crippen LogP contribution in [-0.2, 0) is 16.0 Å². The van der Waals surface area contributed by atoms with E-state index in [1.807, 2.05) is 31.2 Å². The van der Waals surface area contributed by atoms with Crippen molar-refractivity contribution in [2.45, 2.75) is 31.8 Å². The Morgan fingerprint density at radius 1 is 1.17 bits per heavy atom. The van der Waals surface area contributed by atoms with E-state index in [9.17, 15) is 14.4 Å². The number of anilines is 1. The smallest absolute Gasteiger partial charge is 0.258 e. The highest BCUT2D eigenvalue weighted by Crippen LogP contribution is 2.43. The van der Waals surface area contributed by atoms with E-state index in [0.29, 0.717) is 42.1 Å². The van der Waals surface area contributed by atoms with Crippen LogP contribution in [0.2, 0.25) is 5.02 Å². The number of amides is 3. The zero-order chi connectivity index (χ0) is 20.6. The summed E-state index contributed by atoms with van der Waals surface area (Å²) in [5.41, 5.74) is 1.28. The van der Waals surface area contributed by atoms with Gasteiger partial charge < -0.3 is 10.2 Å². The van der Waals surface area contributed by atoms with Crippen LogP contribution in [0.25, 0.3) is 0 Å². The van der Waals surface area contributed by atoms with Gasteiger partial charge in [0.25, 0.3) is 5.91 Å². The van der Waals surface area contributed by atoms with E-state index in [0.717, 1.165) is 5.56 Å². The molecule has 150 valence electrons. The van der Waals surface area contributed by atoms with Crippen molar-refractivity contribution < 1.29 is 14.4 Å². The maximum absolute atomic E-state index is 13.1. The van der Waals surface area contributed by atoms with Crippen molar-refractivity contribution >= 4 is 35.0 Å². The van der Waals surface area contributed by atoms with Crippen molar-refractivity contribution in [3.8, 4) is 0 Å². The second-order valence-corrected chi connectivity index (χ2v) is 8.02. The molecule has 2 aromatic rings. The molecule has 7 heteroatoms. The average molecular weight is 412 g/mol. The molecule has 0 radical (unpaired) electrons. The summed E-state index contributed by atoms with van der Waals surface area (Å²) in [5.74, 6) is -0.502. The second-order valence-electron chi connectivity index (χ2n) is 7.58. The maximum atomic E-state index is 13.1. The van der Waals surface area contributed by atoms with Crippen LogP contribution < -0.4 is 10.2 Å². The maximum Gasteiger partial charge on any atom is 0.258 e. The Hall–Kier alpha value is -2.86. The number of nitrogens with zero attached hydrogens (tertiary/aromatic N) is 2. The summed E-state index contributed by atoms with van der Waals surface area (Å²) < 4.78 is 0. The van der Waals surface area contributed by atoms with Gasteiger partial charge in [-0.1, -0.05) is 35.9 Å². The molecule has 1 fully saturated rings. The highest BCUT2D eigenvalue weighted by atomic mass is 35.5. The van der Waals surface area contributed by atoms with Crippen LogP contribution in [-0.4, -0.2) is 41.4 Å². The standard InChI is InChI=1S/C22H22ClN3O3/c1-22-11-9-20(28)26(22)18-8-3-2-7-17(18)21(29)25(22)14-19(27)24-12-10-15-5-4-6-16(23)13-15/h2-8,13H,9-12,14H2,1H3,(H,24,27). The van der Waals surface area contributed by atoms with Crippen LogP contribution in [0.15, 0.2) is 48.5 Å². The predicted molar refractivity (Wildman–Crippen MR) is 111 cm³/mol. The summed E-state index contributed by atoms with van der Waals surface area (Å²) in [7, 11) is 0. The Kier molecular flexibility index (Phi) is 5.04. The molecule has 4 rings (SSSR count). The molecular formula is C22H22ClN3O3. The van der Waals surface area contributed by atoms with Gasteiger partial charge in [-0.05, 0) is 49.6 Å². The number of nitrogens with one attached hydrogen (secondary N) is 1. The van der Waals surface area contributed by atoms with E-state index in [4.69, 9.17) is 11.6 Å². The lowest BCUT2D eigenvalue weighted by molar-refractivity contribution is -0.123. The van der Waals surface area contributed by atoms with Crippen molar-refractivity contribution in [1.82, 2.24) is 10.2 Å². The van der Waals surface area contributed by atoms with Crippen LogP contribution in [0.4, 0.5) is 5.69 Å². The van der Waals surface area contributed by atoms with Gasteiger partial charge in [-0.15, -0.1) is 0 Å². The molecule has 29 heavy (non-hydrogen) atoms. The SMILES string of the molecule is CC12CCC(=O)N1c1ccccc1C(=O)N2CC(=O)NCCc1cccc(Cl)c1. The van der Waals surface area contributed by atoms with E-state index in [1.165, 1.54) is 4.90 Å². The third-order valence-corrected chi connectivity index (χ3v) is 5.91. The van der Waals surface area contributed by atoms with E-state index >= 15 is 0 Å². The molecule has 2 aromatic carbocycles. The number of hydrogen-bond donors (Lipinski definition) is 1. The van der Waals surface area contributed by atoms with Crippen LogP contribution in [0.5, 0.6) is 0 Å². The van der Waals surface area contributed by atoms with Gasteiger partial charge in [0.2, 0.25) is 11.8 Å². The van der Waals surface area contributed by atoms with Gasteiger partial charge in [0.05, 0.1) is 11.3 Å². The molecule has 1 N–H and O–H groups in total. The van der Waals surface area contributed by atoms with Crippen molar-refractivity contribution in [2.75, 3.05) is 18.0 Å². The Balaban J connectivity index is 1.48. The number of carbonyl (C=O) groups is 3. The molecule has 1 atom stereocenters. The van der Waals surface area contributed by atoms with Gasteiger partial charge in [0.1, 0.15) is 12.2 Å². The third-order valence-electron chi connectivity index (χ3n) is 5.67. The molecule has 2 aliphatic heterocycles. The minimum atomic E-state index is -0.827. The number of halogens is 1. The minimum Gasteiger partial charge on any atom is -0.354 e. The van der Waals surface area contributed by atoms with E-state index in [-0.39, 0.29) is 24.3 Å². The topological polar surface area (TPSA) is 69.7 Å². The molecule has 2 heterocycles. The Labute approximate surface area is 174 Å². The highest BCUT2D eigenvalue weighted by Gasteiger charge is 2.53. The Morgan fingerprint density at radius 2 is 1.97 bits per heavy atom. The number of hydrogen-bond acceptors (Lipinski definition) is 3. The van der Waals surface area contributed by atoms with Crippen LogP contribution in [0, 0.1) is 0 Å². The number of rotatable bonds is 5. The fourth-order valence-electron chi connectivity index (χ4n) is 4.18. The lowest BCUT2D eigenvalue weighted by Gasteiger charge is -2.48. The summed E-state index contributed by atoms with van der Waals surface area (Å²) in [5, 5.41) is 3.53. The molecule has 0 spiro atoms. The van der Waals surface area contributed by atoms with Gasteiger partial charge in [-0.25, -0.2) is 0 Å². The number of para-hydroxylation sites is 1. The van der Waals surface area contributed by atoms with Crippen LogP contribution in [0.3, 0.4) is 0 Å². The van der Waals surface area contributed by atoms with Crippen LogP contribution in [0.1, 0.15) is 35.7 Å². The molecule has 0 aliphatic carbocycles. The zero-order valence-corrected chi connectivity index (χ0v) is 16.9. The first-order valence-corrected chi connectivity index (χ1v) is 10.0. The fourth-order valence-corrected chi connectivity index (χ4v) is 4.39. The summed E-state index contributed by atoms with van der Waals surface area (Å²) in [6.07, 6.45) is 1.50. The number of benzene rings is 2. The minimum absolute atomic E-state index is 0.0289. The first-order chi connectivity index (χ1) is 13.9. The lowest BCUT2D eigenvalue weighted by atomic mass is 9.98. The highest BCUT2D eigenvalue weighted by molar-refractivity contribution is 6.30. The quantitative estimate of drug-likeness (QED) is 0.822. The molecule has 2 aliphatic rings. The summed E-state index contributed by atoms with van der Waals surface area (Å²) in [4.78, 5) is 41.5. The normalized spacial score (nSPS) is 20.5. The van der Waals surface area contributed by atoms with Crippen molar-refractivity contribution in [3.05, 3.63) is 64.7 Å². The molecule has 3 amide bonds. The summed E-state index contributed by atoms with van der Waals surface area (Å²) in [6.45, 7) is 2.20. The molecule has 1 saturated heterocycles. The Bertz CT molecular complexity index is 993. The van der Waals surface area contributed by atoms with Gasteiger partial charge >= 0.3 is 0 Å². The molecule has 0 aromatic heterocycles. The van der Waals surface area contributed by atoms with Crippen LogP contribution >= 0.6 is 11.6 Å². The predicted octanol–water partition coefficient (Wildman–Crippen LogP) is 3.00. The fraction of sp³-hybridized carbons (Fsp3) is 0.318. The van der Waals surface area contributed by atoms with Crippen molar-refractivity contribution in [2.24, 2.45) is 0 Å². The first kappa shape index (κ1) is 19.5. The van der Waals surface area contributed by atoms with Crippen molar-refractivity contribution in [1.29, 1.82) is 0 Å². The summed E-state index contributed by atoms with van der Waals surface area (Å²) in [6, 6.07) is 14.6. The molecular weight excluding hydrogens is 390 g/mol. The molecule has 1 unspecified atom stereocenters. The second kappa shape index (κ2) is 7.52. The largest absolute Gasteiger partial charge is 0.354 e. The number of fused-ring (bicyclic) bond motifs is 3. The monoisotopic (exact) mass is 411 g/mol. The third kappa shape index (κ3) is 3.49. The molecule has 0 bridgehead atoms. The average Bonchev–Trinajstić information content (AvgIpc) is 3.01. The first-order valence-electron chi connectivity index (χ1n) is 9.65.